The van der Waals surface area contributed by atoms with E-state index in [0.717, 1.165) is 5.56 Å². The van der Waals surface area contributed by atoms with Crippen molar-refractivity contribution in [2.24, 2.45) is 17.3 Å². The monoisotopic (exact) mass is 370 g/mol. The Morgan fingerprint density at radius 1 is 1.38 bits per heavy atom. The third-order valence-corrected chi connectivity index (χ3v) is 7.22. The average molecular weight is 371 g/mol. The Morgan fingerprint density at radius 3 is 2.65 bits per heavy atom. The predicted molar refractivity (Wildman–Crippen MR) is 103 cm³/mol. The van der Waals surface area contributed by atoms with Crippen LogP contribution in [0.15, 0.2) is 30.9 Å². The van der Waals surface area contributed by atoms with Crippen molar-refractivity contribution in [2.45, 2.75) is 44.0 Å². The number of amides is 1. The largest absolute Gasteiger partial charge is 0.328 e. The van der Waals surface area contributed by atoms with Crippen LogP contribution in [-0.4, -0.2) is 23.6 Å². The quantitative estimate of drug-likeness (QED) is 0.370. The lowest BCUT2D eigenvalue weighted by Gasteiger charge is -2.52. The molecular weight excluding hydrogens is 348 g/mol. The predicted octanol–water partition coefficient (Wildman–Crippen LogP) is 4.45. The van der Waals surface area contributed by atoms with Crippen molar-refractivity contribution in [3.8, 4) is 0 Å². The number of carbonyl (C=O) groups is 2. The molecule has 0 radical (unpaired) electrons. The van der Waals surface area contributed by atoms with Gasteiger partial charge in [0.05, 0.1) is 16.5 Å². The molecule has 1 aromatic carbocycles. The van der Waals surface area contributed by atoms with Crippen LogP contribution in [0.5, 0.6) is 0 Å². The maximum absolute atomic E-state index is 13.5. The second-order valence-corrected chi connectivity index (χ2v) is 8.58. The summed E-state index contributed by atoms with van der Waals surface area (Å²) in [6.07, 6.45) is 2.96. The van der Waals surface area contributed by atoms with Crippen LogP contribution in [0.4, 0.5) is 5.69 Å². The van der Waals surface area contributed by atoms with Crippen molar-refractivity contribution in [3.05, 3.63) is 53.4 Å². The fourth-order valence-corrected chi connectivity index (χ4v) is 5.27. The molecule has 1 amide bonds. The van der Waals surface area contributed by atoms with Gasteiger partial charge < -0.3 is 10.2 Å². The van der Waals surface area contributed by atoms with Crippen LogP contribution in [-0.2, 0) is 10.2 Å². The molecule has 5 atom stereocenters. The molecule has 5 heteroatoms. The molecule has 4 nitrogen and oxygen atoms in total. The fourth-order valence-electron chi connectivity index (χ4n) is 4.86. The highest BCUT2D eigenvalue weighted by Gasteiger charge is 2.63. The number of carbonyl (C=O) groups excluding carboxylic acids is 2. The minimum Gasteiger partial charge on any atom is -0.328 e. The van der Waals surface area contributed by atoms with Gasteiger partial charge in [0.15, 0.2) is 5.78 Å². The molecule has 0 bridgehead atoms. The summed E-state index contributed by atoms with van der Waals surface area (Å²) in [5.74, 6) is -0.585. The summed E-state index contributed by atoms with van der Waals surface area (Å²) in [6, 6.07) is 4.94. The van der Waals surface area contributed by atoms with E-state index in [1.165, 1.54) is 0 Å². The summed E-state index contributed by atoms with van der Waals surface area (Å²) < 4.78 is 0. The summed E-state index contributed by atoms with van der Waals surface area (Å²) in [5.41, 5.74) is 0.962. The van der Waals surface area contributed by atoms with Gasteiger partial charge in [0.25, 0.3) is 0 Å². The summed E-state index contributed by atoms with van der Waals surface area (Å²) in [5, 5.41) is 2.39. The molecule has 136 valence electrons. The molecule has 26 heavy (non-hydrogen) atoms. The zero-order chi connectivity index (χ0) is 19.3. The molecule has 1 saturated carbocycles. The van der Waals surface area contributed by atoms with Crippen LogP contribution >= 0.6 is 11.6 Å². The number of benzene rings is 1. The van der Waals surface area contributed by atoms with Gasteiger partial charge >= 0.3 is 0 Å². The van der Waals surface area contributed by atoms with Gasteiger partial charge in [0, 0.05) is 5.56 Å². The van der Waals surface area contributed by atoms with Gasteiger partial charge in [-0.05, 0) is 36.3 Å². The molecule has 1 fully saturated rings. The number of alkyl halides is 1. The van der Waals surface area contributed by atoms with Gasteiger partial charge in [-0.1, -0.05) is 32.1 Å². The molecule has 5 unspecified atom stereocenters. The van der Waals surface area contributed by atoms with Crippen LogP contribution in [0.2, 0.25) is 0 Å². The number of fused-ring (bicyclic) bond motifs is 2. The van der Waals surface area contributed by atoms with Gasteiger partial charge in [0.2, 0.25) is 12.5 Å². The number of Topliss-reactive ketones (excluding diaryl/α,β-unsaturated/α-hetero) is 1. The average Bonchev–Trinajstić information content (AvgIpc) is 2.61. The zero-order valence-corrected chi connectivity index (χ0v) is 16.0. The molecular formula is C21H23ClN2O2. The number of rotatable bonds is 3. The molecule has 2 aliphatic carbocycles. The molecule has 0 heterocycles. The van der Waals surface area contributed by atoms with Crippen LogP contribution in [0.25, 0.3) is 4.85 Å². The van der Waals surface area contributed by atoms with Gasteiger partial charge in [-0.3, -0.25) is 9.59 Å². The molecule has 0 saturated heterocycles. The van der Waals surface area contributed by atoms with Crippen molar-refractivity contribution in [1.82, 2.24) is 0 Å². The second-order valence-electron chi connectivity index (χ2n) is 8.06. The van der Waals surface area contributed by atoms with E-state index in [-0.39, 0.29) is 22.5 Å². The number of hydrogen-bond donors (Lipinski definition) is 1. The lowest BCUT2D eigenvalue weighted by molar-refractivity contribution is -0.105. The smallest absolute Gasteiger partial charge is 0.244 e. The number of nitrogens with zero attached hydrogens (tertiary/aromatic N) is 1. The Labute approximate surface area is 159 Å². The first-order valence-corrected chi connectivity index (χ1v) is 9.19. The van der Waals surface area contributed by atoms with Crippen molar-refractivity contribution in [3.63, 3.8) is 0 Å². The summed E-state index contributed by atoms with van der Waals surface area (Å²) in [6.45, 7) is 17.8. The fraction of sp³-hybridized carbons (Fsp3) is 0.476. The molecule has 0 aliphatic heterocycles. The molecule has 1 N–H and O–H groups in total. The first-order valence-electron chi connectivity index (χ1n) is 8.76. The summed E-state index contributed by atoms with van der Waals surface area (Å²) in [7, 11) is 0. The van der Waals surface area contributed by atoms with E-state index in [1.807, 2.05) is 19.1 Å². The van der Waals surface area contributed by atoms with Crippen LogP contribution in [0, 0.1) is 23.8 Å². The molecule has 2 aliphatic rings. The zero-order valence-electron chi connectivity index (χ0n) is 15.3. The van der Waals surface area contributed by atoms with Crippen LogP contribution in [0.3, 0.4) is 0 Å². The second kappa shape index (κ2) is 6.25. The van der Waals surface area contributed by atoms with Gasteiger partial charge in [0.1, 0.15) is 5.92 Å². The third kappa shape index (κ3) is 2.34. The number of halogens is 1. The van der Waals surface area contributed by atoms with E-state index >= 15 is 0 Å². The SMILES string of the molecule is [C-]#[N+]C1C2C(=O)c3c(NC=O)cccc3C(C)(C)C2CC(Cl)C1(C)C=C. The number of anilines is 1. The highest BCUT2D eigenvalue weighted by atomic mass is 35.5. The molecule has 0 spiro atoms. The van der Waals surface area contributed by atoms with Crippen LogP contribution < -0.4 is 5.32 Å². The normalized spacial score (nSPS) is 34.8. The first kappa shape index (κ1) is 18.7. The van der Waals surface area contributed by atoms with Crippen molar-refractivity contribution < 1.29 is 9.59 Å². The molecule has 0 aromatic heterocycles. The Bertz CT molecular complexity index is 826. The van der Waals surface area contributed by atoms with Crippen molar-refractivity contribution in [2.75, 3.05) is 5.32 Å². The summed E-state index contributed by atoms with van der Waals surface area (Å²) in [4.78, 5) is 28.4. The first-order chi connectivity index (χ1) is 12.2. The van der Waals surface area contributed by atoms with E-state index < -0.39 is 17.4 Å². The maximum atomic E-state index is 13.5. The van der Waals surface area contributed by atoms with Gasteiger partial charge in [-0.15, -0.1) is 18.2 Å². The maximum Gasteiger partial charge on any atom is 0.244 e. The van der Waals surface area contributed by atoms with E-state index in [2.05, 4.69) is 30.6 Å². The lowest BCUT2D eigenvalue weighted by Crippen LogP contribution is -2.58. The van der Waals surface area contributed by atoms with E-state index in [9.17, 15) is 9.59 Å². The number of ketones is 1. The van der Waals surface area contributed by atoms with Gasteiger partial charge in [-0.25, -0.2) is 6.57 Å². The summed E-state index contributed by atoms with van der Waals surface area (Å²) >= 11 is 6.72. The Morgan fingerprint density at radius 2 is 2.08 bits per heavy atom. The number of nitrogens with one attached hydrogen (secondary N) is 1. The molecule has 3 rings (SSSR count). The Balaban J connectivity index is 2.26. The topological polar surface area (TPSA) is 50.5 Å². The highest BCUT2D eigenvalue weighted by Crippen LogP contribution is 2.57. The number of hydrogen-bond acceptors (Lipinski definition) is 2. The van der Waals surface area contributed by atoms with E-state index in [0.29, 0.717) is 24.1 Å². The van der Waals surface area contributed by atoms with E-state index in [4.69, 9.17) is 18.2 Å². The minimum absolute atomic E-state index is 0.0383. The van der Waals surface area contributed by atoms with Crippen molar-refractivity contribution in [1.29, 1.82) is 0 Å². The van der Waals surface area contributed by atoms with Gasteiger partial charge in [-0.2, -0.15) is 0 Å². The Kier molecular flexibility index (Phi) is 4.48. The minimum atomic E-state index is -0.638. The highest BCUT2D eigenvalue weighted by molar-refractivity contribution is 6.21. The van der Waals surface area contributed by atoms with E-state index in [1.54, 1.807) is 12.1 Å². The van der Waals surface area contributed by atoms with Crippen LogP contribution in [0.1, 0.15) is 43.1 Å². The molecule has 1 aromatic rings. The lowest BCUT2D eigenvalue weighted by atomic mass is 9.50. The van der Waals surface area contributed by atoms with Crippen molar-refractivity contribution >= 4 is 29.5 Å². The Hall–Kier alpha value is -2.12. The third-order valence-electron chi connectivity index (χ3n) is 6.57. The standard InChI is InChI=1S/C21H23ClN2O2/c1-6-21(4)15(22)10-13-17(19(21)23-5)18(26)16-12(20(13,2)3)8-7-9-14(16)24-11-25/h6-9,11,13,15,17,19H,1,10H2,2-4H3,(H,24,25).